The monoisotopic (exact) mass is 309 g/mol. The van der Waals surface area contributed by atoms with Gasteiger partial charge in [-0.1, -0.05) is 24.6 Å². The van der Waals surface area contributed by atoms with E-state index in [0.717, 1.165) is 25.8 Å². The summed E-state index contributed by atoms with van der Waals surface area (Å²) in [6, 6.07) is 6.65. The first-order valence-electron chi connectivity index (χ1n) is 7.42. The Kier molecular flexibility index (Phi) is 8.64. The second-order valence-corrected chi connectivity index (χ2v) is 4.83. The minimum atomic E-state index is -0.228. The van der Waals surface area contributed by atoms with Gasteiger partial charge in [0.25, 0.3) is 0 Å². The molecule has 0 aliphatic rings. The summed E-state index contributed by atoms with van der Waals surface area (Å²) in [7, 11) is 3.07. The molecular weight excluding hydrogens is 285 g/mol. The Balaban J connectivity index is 2.18. The molecule has 6 heteroatoms. The van der Waals surface area contributed by atoms with Crippen LogP contribution >= 0.6 is 0 Å². The van der Waals surface area contributed by atoms with Crippen molar-refractivity contribution in [3.05, 3.63) is 35.6 Å². The van der Waals surface area contributed by atoms with E-state index in [-0.39, 0.29) is 11.8 Å². The summed E-state index contributed by atoms with van der Waals surface area (Å²) in [5.74, 6) is 0.236. The van der Waals surface area contributed by atoms with Crippen molar-refractivity contribution in [2.45, 2.75) is 32.2 Å². The van der Waals surface area contributed by atoms with Gasteiger partial charge in [-0.15, -0.1) is 0 Å². The number of aliphatic imine (C=N–C) groups is 1. The third-order valence-corrected chi connectivity index (χ3v) is 3.21. The van der Waals surface area contributed by atoms with E-state index < -0.39 is 0 Å². The average molecular weight is 309 g/mol. The summed E-state index contributed by atoms with van der Waals surface area (Å²) < 4.78 is 18.1. The van der Waals surface area contributed by atoms with Crippen molar-refractivity contribution < 1.29 is 13.9 Å². The number of methoxy groups -OCH3 is 1. The molecule has 0 aliphatic heterocycles. The van der Waals surface area contributed by atoms with Gasteiger partial charge in [0.1, 0.15) is 5.82 Å². The second kappa shape index (κ2) is 10.6. The first-order valence-corrected chi connectivity index (χ1v) is 7.42. The maximum Gasteiger partial charge on any atom is 0.305 e. The van der Waals surface area contributed by atoms with Gasteiger partial charge in [-0.25, -0.2) is 4.39 Å². The summed E-state index contributed by atoms with van der Waals surface area (Å²) >= 11 is 0. The number of carbonyl (C=O) groups is 1. The van der Waals surface area contributed by atoms with Gasteiger partial charge in [0.15, 0.2) is 5.96 Å². The molecule has 1 aromatic carbocycles. The fourth-order valence-corrected chi connectivity index (χ4v) is 1.92. The number of halogens is 1. The topological polar surface area (TPSA) is 62.7 Å². The first-order chi connectivity index (χ1) is 10.7. The molecule has 0 amide bonds. The highest BCUT2D eigenvalue weighted by Crippen LogP contribution is 2.05. The SMILES string of the molecule is CN=C(NCCCCCC(=O)OC)NCc1ccccc1F. The third-order valence-electron chi connectivity index (χ3n) is 3.21. The molecule has 0 aliphatic carbocycles. The lowest BCUT2D eigenvalue weighted by molar-refractivity contribution is -0.140. The van der Waals surface area contributed by atoms with Gasteiger partial charge >= 0.3 is 5.97 Å². The van der Waals surface area contributed by atoms with Crippen LogP contribution in [-0.4, -0.2) is 32.6 Å². The number of nitrogens with zero attached hydrogens (tertiary/aromatic N) is 1. The lowest BCUT2D eigenvalue weighted by Crippen LogP contribution is -2.37. The van der Waals surface area contributed by atoms with Crippen LogP contribution in [0.3, 0.4) is 0 Å². The second-order valence-electron chi connectivity index (χ2n) is 4.83. The molecule has 0 spiro atoms. The van der Waals surface area contributed by atoms with Crippen molar-refractivity contribution in [1.82, 2.24) is 10.6 Å². The van der Waals surface area contributed by atoms with Crippen molar-refractivity contribution in [1.29, 1.82) is 0 Å². The lowest BCUT2D eigenvalue weighted by atomic mass is 10.2. The number of carbonyl (C=O) groups excluding carboxylic acids is 1. The molecular formula is C16H24FN3O2. The predicted octanol–water partition coefficient (Wildman–Crippen LogP) is 2.22. The van der Waals surface area contributed by atoms with Gasteiger partial charge < -0.3 is 15.4 Å². The molecule has 0 fully saturated rings. The highest BCUT2D eigenvalue weighted by molar-refractivity contribution is 5.79. The van der Waals surface area contributed by atoms with Crippen LogP contribution in [0.15, 0.2) is 29.3 Å². The maximum absolute atomic E-state index is 13.5. The minimum absolute atomic E-state index is 0.171. The number of nitrogens with one attached hydrogen (secondary N) is 2. The molecule has 2 N–H and O–H groups in total. The van der Waals surface area contributed by atoms with Crippen molar-refractivity contribution in [2.75, 3.05) is 20.7 Å². The molecule has 0 bridgehead atoms. The molecule has 1 aromatic rings. The Bertz CT molecular complexity index is 492. The van der Waals surface area contributed by atoms with E-state index in [2.05, 4.69) is 20.4 Å². The van der Waals surface area contributed by atoms with Gasteiger partial charge in [-0.05, 0) is 18.9 Å². The number of hydrogen-bond donors (Lipinski definition) is 2. The fourth-order valence-electron chi connectivity index (χ4n) is 1.92. The zero-order valence-corrected chi connectivity index (χ0v) is 13.2. The Morgan fingerprint density at radius 3 is 2.68 bits per heavy atom. The lowest BCUT2D eigenvalue weighted by Gasteiger charge is -2.12. The maximum atomic E-state index is 13.5. The van der Waals surface area contributed by atoms with E-state index in [4.69, 9.17) is 0 Å². The summed E-state index contributed by atoms with van der Waals surface area (Å²) in [5.41, 5.74) is 0.600. The molecule has 0 aromatic heterocycles. The van der Waals surface area contributed by atoms with Gasteiger partial charge in [-0.3, -0.25) is 9.79 Å². The zero-order valence-electron chi connectivity index (χ0n) is 13.2. The van der Waals surface area contributed by atoms with E-state index in [1.165, 1.54) is 13.2 Å². The highest BCUT2D eigenvalue weighted by Gasteiger charge is 2.03. The van der Waals surface area contributed by atoms with Crippen LogP contribution < -0.4 is 10.6 Å². The van der Waals surface area contributed by atoms with E-state index in [1.54, 1.807) is 25.2 Å². The number of benzene rings is 1. The molecule has 0 atom stereocenters. The van der Waals surface area contributed by atoms with Gasteiger partial charge in [-0.2, -0.15) is 0 Å². The van der Waals surface area contributed by atoms with Crippen LogP contribution in [0.4, 0.5) is 4.39 Å². The zero-order chi connectivity index (χ0) is 16.2. The van der Waals surface area contributed by atoms with Gasteiger partial charge in [0.05, 0.1) is 7.11 Å². The van der Waals surface area contributed by atoms with Gasteiger partial charge in [0, 0.05) is 32.1 Å². The predicted molar refractivity (Wildman–Crippen MR) is 85.1 cm³/mol. The van der Waals surface area contributed by atoms with Gasteiger partial charge in [0.2, 0.25) is 0 Å². The molecule has 22 heavy (non-hydrogen) atoms. The van der Waals surface area contributed by atoms with E-state index in [1.807, 2.05) is 0 Å². The Morgan fingerprint density at radius 2 is 2.00 bits per heavy atom. The molecule has 0 saturated carbocycles. The summed E-state index contributed by atoms with van der Waals surface area (Å²) in [4.78, 5) is 15.0. The van der Waals surface area contributed by atoms with Crippen LogP contribution in [0.5, 0.6) is 0 Å². The summed E-state index contributed by atoms with van der Waals surface area (Å²) in [6.07, 6.45) is 3.14. The average Bonchev–Trinajstić information content (AvgIpc) is 2.54. The number of hydrogen-bond acceptors (Lipinski definition) is 3. The Hall–Kier alpha value is -2.11. The largest absolute Gasteiger partial charge is 0.469 e. The molecule has 5 nitrogen and oxygen atoms in total. The van der Waals surface area contributed by atoms with Crippen molar-refractivity contribution >= 4 is 11.9 Å². The number of esters is 1. The van der Waals surface area contributed by atoms with Crippen LogP contribution in [0, 0.1) is 5.82 Å². The van der Waals surface area contributed by atoms with Crippen molar-refractivity contribution in [2.24, 2.45) is 4.99 Å². The van der Waals surface area contributed by atoms with Crippen LogP contribution in [0.1, 0.15) is 31.2 Å². The minimum Gasteiger partial charge on any atom is -0.469 e. The smallest absolute Gasteiger partial charge is 0.305 e. The molecule has 0 unspecified atom stereocenters. The third kappa shape index (κ3) is 7.06. The molecule has 122 valence electrons. The van der Waals surface area contributed by atoms with E-state index in [0.29, 0.717) is 24.5 Å². The quantitative estimate of drug-likeness (QED) is 0.334. The van der Waals surface area contributed by atoms with E-state index in [9.17, 15) is 9.18 Å². The summed E-state index contributed by atoms with van der Waals surface area (Å²) in [6.45, 7) is 1.13. The molecule has 1 rings (SSSR count). The normalized spacial score (nSPS) is 11.1. The fraction of sp³-hybridized carbons (Fsp3) is 0.500. The number of guanidine groups is 1. The Labute approximate surface area is 131 Å². The van der Waals surface area contributed by atoms with Crippen LogP contribution in [0.25, 0.3) is 0 Å². The summed E-state index contributed by atoms with van der Waals surface area (Å²) in [5, 5.41) is 6.23. The number of ether oxygens (including phenoxy) is 1. The highest BCUT2D eigenvalue weighted by atomic mass is 19.1. The number of rotatable bonds is 8. The molecule has 0 heterocycles. The standard InChI is InChI=1S/C16H24FN3O2/c1-18-16(19-11-7-3-4-10-15(21)22-2)20-12-13-8-5-6-9-14(13)17/h5-6,8-9H,3-4,7,10-12H2,1-2H3,(H2,18,19,20). The Morgan fingerprint density at radius 1 is 1.23 bits per heavy atom. The van der Waals surface area contributed by atoms with Crippen molar-refractivity contribution in [3.8, 4) is 0 Å². The van der Waals surface area contributed by atoms with E-state index >= 15 is 0 Å². The first kappa shape index (κ1) is 17.9. The van der Waals surface area contributed by atoms with Crippen LogP contribution in [-0.2, 0) is 16.1 Å². The van der Waals surface area contributed by atoms with Crippen molar-refractivity contribution in [3.63, 3.8) is 0 Å². The number of unbranched alkanes of at least 4 members (excludes halogenated alkanes) is 2. The van der Waals surface area contributed by atoms with Crippen LogP contribution in [0.2, 0.25) is 0 Å². The molecule has 0 saturated heterocycles. The molecule has 0 radical (unpaired) electrons.